The van der Waals surface area contributed by atoms with E-state index >= 15 is 0 Å². The van der Waals surface area contributed by atoms with Gasteiger partial charge in [-0.2, -0.15) is 0 Å². The van der Waals surface area contributed by atoms with E-state index in [-0.39, 0.29) is 0 Å². The number of nitrogens with one attached hydrogen (secondary N) is 1. The first-order chi connectivity index (χ1) is 7.74. The molecule has 0 fully saturated rings. The molecule has 90 valence electrons. The molecule has 1 aromatic rings. The Morgan fingerprint density at radius 1 is 1.06 bits per heavy atom. The van der Waals surface area contributed by atoms with Crippen molar-refractivity contribution in [2.24, 2.45) is 5.73 Å². The number of aryl methyl sites for hydroxylation is 1. The molecule has 2 heteroatoms. The van der Waals surface area contributed by atoms with Crippen LogP contribution in [0.1, 0.15) is 38.8 Å². The van der Waals surface area contributed by atoms with Gasteiger partial charge in [-0.1, -0.05) is 57.5 Å². The SMILES string of the molecule is CC.CC.Cc1ccc(/C(N)=C/C=N)cc1. The summed E-state index contributed by atoms with van der Waals surface area (Å²) in [6.07, 6.45) is 2.76. The van der Waals surface area contributed by atoms with E-state index < -0.39 is 0 Å². The van der Waals surface area contributed by atoms with Crippen molar-refractivity contribution in [2.45, 2.75) is 34.6 Å². The van der Waals surface area contributed by atoms with E-state index in [0.29, 0.717) is 5.70 Å². The van der Waals surface area contributed by atoms with E-state index in [9.17, 15) is 0 Å². The highest BCUT2D eigenvalue weighted by Crippen LogP contribution is 2.08. The highest BCUT2D eigenvalue weighted by atomic mass is 14.6. The van der Waals surface area contributed by atoms with E-state index in [1.54, 1.807) is 6.08 Å². The quantitative estimate of drug-likeness (QED) is 0.727. The molecule has 0 amide bonds. The zero-order valence-electron chi connectivity index (χ0n) is 11.0. The average molecular weight is 220 g/mol. The molecule has 0 saturated heterocycles. The standard InChI is InChI=1S/C10H12N2.2C2H6/c1-8-2-4-9(5-3-8)10(12)6-7-11;2*1-2/h2-7,11H,12H2,1H3;2*1-2H3/b10-6-,11-7?;;. The third-order valence-corrected chi connectivity index (χ3v) is 1.65. The Labute approximate surface area is 99.7 Å². The van der Waals surface area contributed by atoms with Gasteiger partial charge in [-0.3, -0.25) is 0 Å². The molecule has 0 heterocycles. The van der Waals surface area contributed by atoms with Crippen LogP contribution in [0.4, 0.5) is 0 Å². The third-order valence-electron chi connectivity index (χ3n) is 1.65. The van der Waals surface area contributed by atoms with Crippen LogP contribution in [-0.4, -0.2) is 6.21 Å². The average Bonchev–Trinajstić information content (AvgIpc) is 2.35. The van der Waals surface area contributed by atoms with Crippen molar-refractivity contribution >= 4 is 11.9 Å². The minimum Gasteiger partial charge on any atom is -0.398 e. The molecular weight excluding hydrogens is 196 g/mol. The Balaban J connectivity index is 0. The molecule has 0 radical (unpaired) electrons. The molecule has 0 aliphatic rings. The Morgan fingerprint density at radius 2 is 1.50 bits per heavy atom. The Kier molecular flexibility index (Phi) is 12.1. The van der Waals surface area contributed by atoms with Gasteiger partial charge in [-0.25, -0.2) is 0 Å². The van der Waals surface area contributed by atoms with Crippen LogP contribution in [0.15, 0.2) is 30.3 Å². The van der Waals surface area contributed by atoms with Gasteiger partial charge in [0.05, 0.1) is 0 Å². The predicted molar refractivity (Wildman–Crippen MR) is 74.8 cm³/mol. The normalized spacial score (nSPS) is 9.19. The highest BCUT2D eigenvalue weighted by molar-refractivity contribution is 5.81. The van der Waals surface area contributed by atoms with Crippen LogP contribution in [0, 0.1) is 12.3 Å². The molecule has 1 aromatic carbocycles. The predicted octanol–water partition coefficient (Wildman–Crippen LogP) is 4.00. The van der Waals surface area contributed by atoms with Crippen molar-refractivity contribution in [3.05, 3.63) is 41.5 Å². The van der Waals surface area contributed by atoms with Crippen LogP contribution in [-0.2, 0) is 0 Å². The Bertz CT molecular complexity index is 297. The summed E-state index contributed by atoms with van der Waals surface area (Å²) >= 11 is 0. The summed E-state index contributed by atoms with van der Waals surface area (Å²) in [5, 5.41) is 6.84. The van der Waals surface area contributed by atoms with Crippen LogP contribution in [0.2, 0.25) is 0 Å². The third kappa shape index (κ3) is 6.82. The summed E-state index contributed by atoms with van der Waals surface area (Å²) in [6, 6.07) is 7.90. The van der Waals surface area contributed by atoms with Crippen LogP contribution in [0.25, 0.3) is 5.70 Å². The number of rotatable bonds is 2. The second-order valence-corrected chi connectivity index (χ2v) is 2.65. The molecular formula is C14H24N2. The van der Waals surface area contributed by atoms with Crippen LogP contribution >= 0.6 is 0 Å². The first-order valence-electron chi connectivity index (χ1n) is 5.77. The van der Waals surface area contributed by atoms with E-state index in [2.05, 4.69) is 0 Å². The first-order valence-corrected chi connectivity index (χ1v) is 5.77. The fraction of sp³-hybridized carbons (Fsp3) is 0.357. The molecule has 3 N–H and O–H groups in total. The van der Waals surface area contributed by atoms with Gasteiger partial charge in [0, 0.05) is 11.9 Å². The molecule has 2 nitrogen and oxygen atoms in total. The van der Waals surface area contributed by atoms with E-state index in [0.717, 1.165) is 5.56 Å². The summed E-state index contributed by atoms with van der Waals surface area (Å²) in [7, 11) is 0. The molecule has 0 aromatic heterocycles. The van der Waals surface area contributed by atoms with E-state index in [4.69, 9.17) is 11.1 Å². The lowest BCUT2D eigenvalue weighted by atomic mass is 10.1. The molecule has 0 unspecified atom stereocenters. The van der Waals surface area contributed by atoms with E-state index in [1.165, 1.54) is 11.8 Å². The largest absolute Gasteiger partial charge is 0.398 e. The van der Waals surface area contributed by atoms with Crippen molar-refractivity contribution < 1.29 is 0 Å². The van der Waals surface area contributed by atoms with Gasteiger partial charge in [0.15, 0.2) is 0 Å². The van der Waals surface area contributed by atoms with Crippen LogP contribution in [0.5, 0.6) is 0 Å². The molecule has 0 aliphatic heterocycles. The van der Waals surface area contributed by atoms with Gasteiger partial charge >= 0.3 is 0 Å². The van der Waals surface area contributed by atoms with Crippen LogP contribution in [0.3, 0.4) is 0 Å². The fourth-order valence-electron chi connectivity index (χ4n) is 0.932. The molecule has 0 aliphatic carbocycles. The molecule has 1 rings (SSSR count). The number of benzene rings is 1. The number of nitrogens with two attached hydrogens (primary N) is 1. The summed E-state index contributed by atoms with van der Waals surface area (Å²) in [5.41, 5.74) is 8.47. The maximum atomic E-state index is 6.84. The lowest BCUT2D eigenvalue weighted by Gasteiger charge is -1.99. The van der Waals surface area contributed by atoms with Gasteiger partial charge in [0.2, 0.25) is 0 Å². The van der Waals surface area contributed by atoms with Crippen molar-refractivity contribution in [1.29, 1.82) is 5.41 Å². The van der Waals surface area contributed by atoms with Gasteiger partial charge in [0.25, 0.3) is 0 Å². The monoisotopic (exact) mass is 220 g/mol. The minimum absolute atomic E-state index is 0.630. The van der Waals surface area contributed by atoms with Crippen molar-refractivity contribution in [3.8, 4) is 0 Å². The first kappa shape index (κ1) is 16.8. The summed E-state index contributed by atoms with van der Waals surface area (Å²) in [5.74, 6) is 0. The van der Waals surface area contributed by atoms with Gasteiger partial charge in [0.1, 0.15) is 0 Å². The lowest BCUT2D eigenvalue weighted by molar-refractivity contribution is 1.43. The number of allylic oxidation sites excluding steroid dienone is 1. The molecule has 0 atom stereocenters. The molecule has 16 heavy (non-hydrogen) atoms. The lowest BCUT2D eigenvalue weighted by Crippen LogP contribution is -1.95. The second-order valence-electron chi connectivity index (χ2n) is 2.65. The molecule has 0 spiro atoms. The Morgan fingerprint density at radius 3 is 1.88 bits per heavy atom. The zero-order chi connectivity index (χ0) is 13.0. The fourth-order valence-corrected chi connectivity index (χ4v) is 0.932. The number of hydrogen-bond donors (Lipinski definition) is 2. The Hall–Kier alpha value is -1.57. The maximum absolute atomic E-state index is 6.84. The minimum atomic E-state index is 0.630. The van der Waals surface area contributed by atoms with Gasteiger partial charge < -0.3 is 11.1 Å². The van der Waals surface area contributed by atoms with Crippen molar-refractivity contribution in [2.75, 3.05) is 0 Å². The van der Waals surface area contributed by atoms with Crippen molar-refractivity contribution in [1.82, 2.24) is 0 Å². The van der Waals surface area contributed by atoms with Crippen molar-refractivity contribution in [3.63, 3.8) is 0 Å². The van der Waals surface area contributed by atoms with Crippen LogP contribution < -0.4 is 5.73 Å². The topological polar surface area (TPSA) is 49.9 Å². The number of hydrogen-bond acceptors (Lipinski definition) is 2. The second kappa shape index (κ2) is 11.5. The summed E-state index contributed by atoms with van der Waals surface area (Å²) in [4.78, 5) is 0. The smallest absolute Gasteiger partial charge is 0.0402 e. The molecule has 0 bridgehead atoms. The van der Waals surface area contributed by atoms with Gasteiger partial charge in [-0.15, -0.1) is 0 Å². The maximum Gasteiger partial charge on any atom is 0.0402 e. The highest BCUT2D eigenvalue weighted by Gasteiger charge is 1.93. The summed E-state index contributed by atoms with van der Waals surface area (Å²) in [6.45, 7) is 10.0. The van der Waals surface area contributed by atoms with E-state index in [1.807, 2.05) is 58.9 Å². The molecule has 0 saturated carbocycles. The zero-order valence-corrected chi connectivity index (χ0v) is 11.0. The summed E-state index contributed by atoms with van der Waals surface area (Å²) < 4.78 is 0. The van der Waals surface area contributed by atoms with Gasteiger partial charge in [-0.05, 0) is 18.6 Å².